The zero-order chi connectivity index (χ0) is 15.0. The van der Waals surface area contributed by atoms with Gasteiger partial charge in [-0.3, -0.25) is 0 Å². The van der Waals surface area contributed by atoms with Gasteiger partial charge in [-0.05, 0) is 42.8 Å². The van der Waals surface area contributed by atoms with E-state index in [1.165, 1.54) is 24.3 Å². The molecule has 0 atom stereocenters. The summed E-state index contributed by atoms with van der Waals surface area (Å²) in [4.78, 5) is 0. The minimum absolute atomic E-state index is 0.251. The van der Waals surface area contributed by atoms with Crippen LogP contribution in [0.2, 0.25) is 0 Å². The largest absolute Gasteiger partial charge is 0.573 e. The lowest BCUT2D eigenvalue weighted by atomic mass is 10.2. The average molecular weight is 292 g/mol. The SMILES string of the molecule is Cc1ccc2cn(-c3ccc(OC(F)(F)F)cc3)nc2c1. The van der Waals surface area contributed by atoms with E-state index in [-0.39, 0.29) is 5.75 Å². The van der Waals surface area contributed by atoms with Gasteiger partial charge in [0.25, 0.3) is 0 Å². The van der Waals surface area contributed by atoms with Gasteiger partial charge in [-0.25, -0.2) is 4.68 Å². The quantitative estimate of drug-likeness (QED) is 0.706. The number of hydrogen-bond donors (Lipinski definition) is 0. The summed E-state index contributed by atoms with van der Waals surface area (Å²) in [5.74, 6) is -0.251. The van der Waals surface area contributed by atoms with Crippen molar-refractivity contribution in [2.45, 2.75) is 13.3 Å². The van der Waals surface area contributed by atoms with Gasteiger partial charge in [0.15, 0.2) is 0 Å². The van der Waals surface area contributed by atoms with Crippen molar-refractivity contribution >= 4 is 10.9 Å². The predicted octanol–water partition coefficient (Wildman–Crippen LogP) is 4.23. The smallest absolute Gasteiger partial charge is 0.406 e. The molecule has 0 saturated heterocycles. The Morgan fingerprint density at radius 3 is 2.43 bits per heavy atom. The number of benzene rings is 2. The lowest BCUT2D eigenvalue weighted by Gasteiger charge is -2.09. The molecule has 3 rings (SSSR count). The molecular weight excluding hydrogens is 281 g/mol. The number of nitrogens with zero attached hydrogens (tertiary/aromatic N) is 2. The highest BCUT2D eigenvalue weighted by molar-refractivity contribution is 5.79. The van der Waals surface area contributed by atoms with Crippen LogP contribution < -0.4 is 4.74 Å². The van der Waals surface area contributed by atoms with Crippen LogP contribution in [0.1, 0.15) is 5.56 Å². The van der Waals surface area contributed by atoms with E-state index in [4.69, 9.17) is 0 Å². The first-order valence-electron chi connectivity index (χ1n) is 6.23. The Labute approximate surface area is 118 Å². The number of hydrogen-bond acceptors (Lipinski definition) is 2. The van der Waals surface area contributed by atoms with Crippen molar-refractivity contribution in [1.29, 1.82) is 0 Å². The van der Waals surface area contributed by atoms with Crippen LogP contribution in [0.3, 0.4) is 0 Å². The predicted molar refractivity (Wildman–Crippen MR) is 72.5 cm³/mol. The normalized spacial score (nSPS) is 11.8. The number of ether oxygens (including phenoxy) is 1. The molecule has 6 heteroatoms. The summed E-state index contributed by atoms with van der Waals surface area (Å²) in [6.45, 7) is 1.97. The lowest BCUT2D eigenvalue weighted by Crippen LogP contribution is -2.17. The molecule has 0 fully saturated rings. The molecular formula is C15H11F3N2O. The molecule has 0 aliphatic carbocycles. The number of alkyl halides is 3. The fourth-order valence-corrected chi connectivity index (χ4v) is 2.06. The third-order valence-electron chi connectivity index (χ3n) is 3.00. The highest BCUT2D eigenvalue weighted by atomic mass is 19.4. The van der Waals surface area contributed by atoms with Crippen molar-refractivity contribution in [1.82, 2.24) is 9.78 Å². The second kappa shape index (κ2) is 4.80. The van der Waals surface area contributed by atoms with Gasteiger partial charge in [0.1, 0.15) is 5.75 Å². The summed E-state index contributed by atoms with van der Waals surface area (Å²) < 4.78 is 41.8. The topological polar surface area (TPSA) is 27.1 Å². The Bertz CT molecular complexity index is 776. The zero-order valence-electron chi connectivity index (χ0n) is 11.1. The van der Waals surface area contributed by atoms with Gasteiger partial charge in [0.2, 0.25) is 0 Å². The number of halogens is 3. The first-order valence-corrected chi connectivity index (χ1v) is 6.23. The molecule has 0 unspecified atom stereocenters. The van der Waals surface area contributed by atoms with Gasteiger partial charge in [-0.1, -0.05) is 12.1 Å². The van der Waals surface area contributed by atoms with Crippen LogP contribution in [-0.4, -0.2) is 16.1 Å². The summed E-state index contributed by atoms with van der Waals surface area (Å²) >= 11 is 0. The fraction of sp³-hybridized carbons (Fsp3) is 0.133. The van der Waals surface area contributed by atoms with E-state index >= 15 is 0 Å². The maximum absolute atomic E-state index is 12.1. The molecule has 3 nitrogen and oxygen atoms in total. The van der Waals surface area contributed by atoms with Gasteiger partial charge in [0, 0.05) is 11.6 Å². The van der Waals surface area contributed by atoms with Gasteiger partial charge < -0.3 is 4.74 Å². The molecule has 1 heterocycles. The summed E-state index contributed by atoms with van der Waals surface area (Å²) in [5, 5.41) is 5.37. The minimum atomic E-state index is -4.68. The van der Waals surface area contributed by atoms with Crippen LogP contribution in [0.4, 0.5) is 13.2 Å². The summed E-state index contributed by atoms with van der Waals surface area (Å²) in [7, 11) is 0. The Kier molecular flexibility index (Phi) is 3.08. The second-order valence-corrected chi connectivity index (χ2v) is 4.68. The van der Waals surface area contributed by atoms with Gasteiger partial charge in [-0.2, -0.15) is 5.10 Å². The molecule has 108 valence electrons. The molecule has 0 radical (unpaired) electrons. The van der Waals surface area contributed by atoms with Crippen molar-refractivity contribution in [3.05, 3.63) is 54.2 Å². The molecule has 0 aliphatic rings. The standard InChI is InChI=1S/C15H11F3N2O/c1-10-2-3-11-9-20(19-14(11)8-10)12-4-6-13(7-5-12)21-15(16,17)18/h2-9H,1H3. The minimum Gasteiger partial charge on any atom is -0.406 e. The maximum Gasteiger partial charge on any atom is 0.573 e. The van der Waals surface area contributed by atoms with E-state index in [1.54, 1.807) is 4.68 Å². The van der Waals surface area contributed by atoms with Crippen LogP contribution in [0.5, 0.6) is 5.75 Å². The Morgan fingerprint density at radius 1 is 1.05 bits per heavy atom. The van der Waals surface area contributed by atoms with Crippen molar-refractivity contribution in [3.63, 3.8) is 0 Å². The molecule has 2 aromatic carbocycles. The Hall–Kier alpha value is -2.50. The zero-order valence-corrected chi connectivity index (χ0v) is 11.1. The molecule has 0 spiro atoms. The van der Waals surface area contributed by atoms with E-state index in [2.05, 4.69) is 9.84 Å². The molecule has 0 saturated carbocycles. The highest BCUT2D eigenvalue weighted by Crippen LogP contribution is 2.24. The van der Waals surface area contributed by atoms with Crippen molar-refractivity contribution in [2.24, 2.45) is 0 Å². The molecule has 1 aromatic heterocycles. The van der Waals surface area contributed by atoms with Gasteiger partial charge in [-0.15, -0.1) is 13.2 Å². The van der Waals surface area contributed by atoms with Crippen molar-refractivity contribution in [3.8, 4) is 11.4 Å². The molecule has 21 heavy (non-hydrogen) atoms. The van der Waals surface area contributed by atoms with Crippen LogP contribution >= 0.6 is 0 Å². The van der Waals surface area contributed by atoms with Crippen LogP contribution in [0, 0.1) is 6.92 Å². The summed E-state index contributed by atoms with van der Waals surface area (Å²) in [6.07, 6.45) is -2.85. The first-order chi connectivity index (χ1) is 9.90. The van der Waals surface area contributed by atoms with Crippen molar-refractivity contribution < 1.29 is 17.9 Å². The molecule has 0 aliphatic heterocycles. The Morgan fingerprint density at radius 2 is 1.76 bits per heavy atom. The van der Waals surface area contributed by atoms with E-state index in [1.807, 2.05) is 31.3 Å². The average Bonchev–Trinajstić information content (AvgIpc) is 2.80. The van der Waals surface area contributed by atoms with Crippen LogP contribution in [-0.2, 0) is 0 Å². The number of fused-ring (bicyclic) bond motifs is 1. The van der Waals surface area contributed by atoms with Crippen LogP contribution in [0.25, 0.3) is 16.6 Å². The Balaban J connectivity index is 1.91. The third-order valence-corrected chi connectivity index (χ3v) is 3.00. The molecule has 0 N–H and O–H groups in total. The van der Waals surface area contributed by atoms with Crippen LogP contribution in [0.15, 0.2) is 48.7 Å². The molecule has 3 aromatic rings. The lowest BCUT2D eigenvalue weighted by molar-refractivity contribution is -0.274. The van der Waals surface area contributed by atoms with E-state index < -0.39 is 6.36 Å². The summed E-state index contributed by atoms with van der Waals surface area (Å²) in [5.41, 5.74) is 2.60. The maximum atomic E-state index is 12.1. The number of aryl methyl sites for hydroxylation is 1. The monoisotopic (exact) mass is 292 g/mol. The van der Waals surface area contributed by atoms with E-state index in [9.17, 15) is 13.2 Å². The van der Waals surface area contributed by atoms with Gasteiger partial charge in [0.05, 0.1) is 11.2 Å². The third kappa shape index (κ3) is 2.99. The number of rotatable bonds is 2. The first kappa shape index (κ1) is 13.5. The molecule has 0 bridgehead atoms. The molecule has 0 amide bonds. The fourth-order valence-electron chi connectivity index (χ4n) is 2.06. The highest BCUT2D eigenvalue weighted by Gasteiger charge is 2.30. The van der Waals surface area contributed by atoms with E-state index in [0.717, 1.165) is 16.5 Å². The summed E-state index contributed by atoms with van der Waals surface area (Å²) in [6, 6.07) is 11.5. The van der Waals surface area contributed by atoms with Gasteiger partial charge >= 0.3 is 6.36 Å². The van der Waals surface area contributed by atoms with E-state index in [0.29, 0.717) is 5.69 Å². The number of aromatic nitrogens is 2. The second-order valence-electron chi connectivity index (χ2n) is 4.68. The van der Waals surface area contributed by atoms with Crippen molar-refractivity contribution in [2.75, 3.05) is 0 Å².